The Balaban J connectivity index is 1.64. The van der Waals surface area contributed by atoms with Crippen molar-refractivity contribution in [3.8, 4) is 17.2 Å². The fourth-order valence-electron chi connectivity index (χ4n) is 4.82. The normalized spacial score (nSPS) is 15.2. The third-order valence-corrected chi connectivity index (χ3v) is 6.64. The number of rotatable bonds is 5. The number of ether oxygens (including phenoxy) is 3. The van der Waals surface area contributed by atoms with Gasteiger partial charge in [-0.25, -0.2) is 0 Å². The highest BCUT2D eigenvalue weighted by molar-refractivity contribution is 6.30. The number of benzene rings is 3. The van der Waals surface area contributed by atoms with Crippen LogP contribution in [-0.4, -0.2) is 43.7 Å². The summed E-state index contributed by atoms with van der Waals surface area (Å²) < 4.78 is 16.4. The minimum Gasteiger partial charge on any atom is -0.493 e. The van der Waals surface area contributed by atoms with Gasteiger partial charge in [0.1, 0.15) is 0 Å². The van der Waals surface area contributed by atoms with Gasteiger partial charge in [0.05, 0.1) is 27.4 Å². The van der Waals surface area contributed by atoms with Crippen LogP contribution in [0.5, 0.6) is 17.2 Å². The van der Waals surface area contributed by atoms with Crippen molar-refractivity contribution in [1.29, 1.82) is 0 Å². The molecule has 6 nitrogen and oxygen atoms in total. The molecule has 1 atom stereocenters. The van der Waals surface area contributed by atoms with Gasteiger partial charge >= 0.3 is 0 Å². The second kappa shape index (κ2) is 8.95. The van der Waals surface area contributed by atoms with Gasteiger partial charge in [-0.15, -0.1) is 0 Å². The number of carbonyl (C=O) groups excluding carboxylic acids is 1. The van der Waals surface area contributed by atoms with Crippen molar-refractivity contribution in [3.63, 3.8) is 0 Å². The third kappa shape index (κ3) is 3.64. The van der Waals surface area contributed by atoms with Crippen LogP contribution in [0.25, 0.3) is 10.9 Å². The second-order valence-electron chi connectivity index (χ2n) is 8.18. The number of para-hydroxylation sites is 1. The summed E-state index contributed by atoms with van der Waals surface area (Å²) in [6, 6.07) is 19.0. The highest BCUT2D eigenvalue weighted by Gasteiger charge is 2.35. The van der Waals surface area contributed by atoms with E-state index in [1.807, 2.05) is 41.3 Å². The van der Waals surface area contributed by atoms with Crippen LogP contribution in [0.1, 0.15) is 33.2 Å². The molecular weight excluding hydrogens is 452 g/mol. The van der Waals surface area contributed by atoms with Crippen LogP contribution >= 0.6 is 11.6 Å². The van der Waals surface area contributed by atoms with Crippen molar-refractivity contribution in [1.82, 2.24) is 9.88 Å². The molecule has 1 aliphatic rings. The zero-order valence-corrected chi connectivity index (χ0v) is 20.0. The summed E-state index contributed by atoms with van der Waals surface area (Å²) in [6.45, 7) is 0.567. The number of H-pyrrole nitrogens is 1. The van der Waals surface area contributed by atoms with E-state index < -0.39 is 0 Å². The highest BCUT2D eigenvalue weighted by Crippen LogP contribution is 2.42. The van der Waals surface area contributed by atoms with Gasteiger partial charge in [-0.05, 0) is 47.9 Å². The lowest BCUT2D eigenvalue weighted by atomic mass is 9.91. The Morgan fingerprint density at radius 3 is 2.29 bits per heavy atom. The molecule has 5 rings (SSSR count). The Hall–Kier alpha value is -3.64. The predicted molar refractivity (Wildman–Crippen MR) is 132 cm³/mol. The largest absolute Gasteiger partial charge is 0.493 e. The molecule has 0 saturated carbocycles. The van der Waals surface area contributed by atoms with E-state index in [1.165, 1.54) is 10.9 Å². The van der Waals surface area contributed by atoms with Crippen LogP contribution < -0.4 is 14.2 Å². The van der Waals surface area contributed by atoms with Crippen LogP contribution in [-0.2, 0) is 6.42 Å². The van der Waals surface area contributed by atoms with E-state index in [0.717, 1.165) is 23.2 Å². The van der Waals surface area contributed by atoms with Gasteiger partial charge in [0.2, 0.25) is 5.75 Å². The van der Waals surface area contributed by atoms with Crippen molar-refractivity contribution >= 4 is 28.4 Å². The minimum absolute atomic E-state index is 0.122. The summed E-state index contributed by atoms with van der Waals surface area (Å²) >= 11 is 6.18. The molecule has 1 aromatic heterocycles. The lowest BCUT2D eigenvalue weighted by Gasteiger charge is -2.36. The van der Waals surface area contributed by atoms with Crippen LogP contribution in [0.4, 0.5) is 0 Å². The van der Waals surface area contributed by atoms with E-state index in [4.69, 9.17) is 25.8 Å². The van der Waals surface area contributed by atoms with Gasteiger partial charge < -0.3 is 24.1 Å². The van der Waals surface area contributed by atoms with Crippen LogP contribution in [0.15, 0.2) is 60.7 Å². The molecule has 0 fully saturated rings. The monoisotopic (exact) mass is 476 g/mol. The van der Waals surface area contributed by atoms with Gasteiger partial charge in [-0.2, -0.15) is 0 Å². The SMILES string of the molecule is COc1cc(C(=O)N2CCc3c([nH]c4ccccc34)[C@@H]2c2ccc(Cl)cc2)cc(OC)c1OC. The van der Waals surface area contributed by atoms with Crippen LogP contribution in [0, 0.1) is 0 Å². The number of amides is 1. The van der Waals surface area contributed by atoms with Crippen molar-refractivity contribution in [2.75, 3.05) is 27.9 Å². The Morgan fingerprint density at radius 2 is 1.65 bits per heavy atom. The molecule has 0 aliphatic carbocycles. The van der Waals surface area contributed by atoms with Gasteiger partial charge in [-0.3, -0.25) is 4.79 Å². The lowest BCUT2D eigenvalue weighted by Crippen LogP contribution is -2.40. The zero-order valence-electron chi connectivity index (χ0n) is 19.2. The average Bonchev–Trinajstić information content (AvgIpc) is 3.26. The molecule has 3 aromatic carbocycles. The first-order chi connectivity index (χ1) is 16.5. The number of aromatic nitrogens is 1. The second-order valence-corrected chi connectivity index (χ2v) is 8.62. The maximum atomic E-state index is 13.9. The molecule has 7 heteroatoms. The van der Waals surface area contributed by atoms with Crippen LogP contribution in [0.2, 0.25) is 5.02 Å². The summed E-state index contributed by atoms with van der Waals surface area (Å²) in [4.78, 5) is 19.4. The van der Waals surface area contributed by atoms with Crippen molar-refractivity contribution in [2.24, 2.45) is 0 Å². The highest BCUT2D eigenvalue weighted by atomic mass is 35.5. The molecule has 0 saturated heterocycles. The number of halogens is 1. The summed E-state index contributed by atoms with van der Waals surface area (Å²) in [6.07, 6.45) is 0.750. The van der Waals surface area contributed by atoms with E-state index in [9.17, 15) is 4.79 Å². The smallest absolute Gasteiger partial charge is 0.254 e. The van der Waals surface area contributed by atoms with E-state index in [-0.39, 0.29) is 11.9 Å². The van der Waals surface area contributed by atoms with Crippen molar-refractivity contribution in [2.45, 2.75) is 12.5 Å². The van der Waals surface area contributed by atoms with E-state index in [2.05, 4.69) is 17.1 Å². The Labute approximate surface area is 203 Å². The fourth-order valence-corrected chi connectivity index (χ4v) is 4.95. The van der Waals surface area contributed by atoms with Gasteiger partial charge in [0.25, 0.3) is 5.91 Å². The van der Waals surface area contributed by atoms with Crippen molar-refractivity contribution in [3.05, 3.63) is 88.1 Å². The molecule has 0 radical (unpaired) electrons. The van der Waals surface area contributed by atoms with Crippen molar-refractivity contribution < 1.29 is 19.0 Å². The molecule has 0 unspecified atom stereocenters. The fraction of sp³-hybridized carbons (Fsp3) is 0.222. The number of hydrogen-bond acceptors (Lipinski definition) is 4. The van der Waals surface area contributed by atoms with E-state index in [1.54, 1.807) is 33.5 Å². The summed E-state index contributed by atoms with van der Waals surface area (Å²) in [7, 11) is 4.62. The van der Waals surface area contributed by atoms with Gasteiger partial charge in [-0.1, -0.05) is 41.9 Å². The summed E-state index contributed by atoms with van der Waals surface area (Å²) in [5.41, 5.74) is 4.78. The molecule has 4 aromatic rings. The molecule has 0 bridgehead atoms. The lowest BCUT2D eigenvalue weighted by molar-refractivity contribution is 0.0691. The van der Waals surface area contributed by atoms with E-state index in [0.29, 0.717) is 34.4 Å². The quantitative estimate of drug-likeness (QED) is 0.405. The standard InChI is InChI=1S/C27H25ClN2O4/c1-32-22-14-17(15-23(33-2)26(22)34-3)27(31)30-13-12-20-19-6-4-5-7-21(19)29-24(20)25(30)16-8-10-18(28)11-9-16/h4-11,14-15,25,29H,12-13H2,1-3H3/t25-/m0/s1. The number of nitrogens with zero attached hydrogens (tertiary/aromatic N) is 1. The number of aromatic amines is 1. The Morgan fingerprint density at radius 1 is 0.971 bits per heavy atom. The Kier molecular flexibility index (Phi) is 5.84. The first kappa shape index (κ1) is 22.2. The average molecular weight is 477 g/mol. The van der Waals surface area contributed by atoms with Crippen LogP contribution in [0.3, 0.4) is 0 Å². The topological polar surface area (TPSA) is 63.8 Å². The maximum Gasteiger partial charge on any atom is 0.254 e. The number of methoxy groups -OCH3 is 3. The molecule has 174 valence electrons. The summed E-state index contributed by atoms with van der Waals surface area (Å²) in [5.74, 6) is 1.21. The minimum atomic E-state index is -0.292. The first-order valence-corrected chi connectivity index (χ1v) is 11.4. The number of carbonyl (C=O) groups is 1. The number of hydrogen-bond donors (Lipinski definition) is 1. The van der Waals surface area contributed by atoms with E-state index >= 15 is 0 Å². The molecule has 1 N–H and O–H groups in total. The summed E-state index contributed by atoms with van der Waals surface area (Å²) in [5, 5.41) is 1.84. The molecular formula is C27H25ClN2O4. The number of fused-ring (bicyclic) bond motifs is 3. The first-order valence-electron chi connectivity index (χ1n) is 11.0. The number of nitrogens with one attached hydrogen (secondary N) is 1. The molecule has 1 amide bonds. The molecule has 2 heterocycles. The third-order valence-electron chi connectivity index (χ3n) is 6.39. The molecule has 1 aliphatic heterocycles. The zero-order chi connectivity index (χ0) is 23.8. The molecule has 0 spiro atoms. The van der Waals surface area contributed by atoms with Gasteiger partial charge in [0, 0.05) is 33.7 Å². The van der Waals surface area contributed by atoms with Gasteiger partial charge in [0.15, 0.2) is 11.5 Å². The Bertz CT molecular complexity index is 1340. The maximum absolute atomic E-state index is 13.9. The molecule has 34 heavy (non-hydrogen) atoms. The predicted octanol–water partition coefficient (Wildman–Crippen LogP) is 5.64.